The minimum atomic E-state index is -3.13. The standard InChI is InChI=1S/C12H26N2O2S/c1-3-4-5-6-9-14-17(15,16)11(2)10-13-12-7-8-12/h11-14H,3-10H2,1-2H3. The van der Waals surface area contributed by atoms with E-state index in [9.17, 15) is 8.42 Å². The fourth-order valence-electron chi connectivity index (χ4n) is 1.64. The highest BCUT2D eigenvalue weighted by atomic mass is 32.2. The van der Waals surface area contributed by atoms with E-state index in [-0.39, 0.29) is 5.25 Å². The van der Waals surface area contributed by atoms with Crippen molar-refractivity contribution in [2.24, 2.45) is 0 Å². The quantitative estimate of drug-likeness (QED) is 0.588. The maximum absolute atomic E-state index is 11.8. The molecule has 5 heteroatoms. The van der Waals surface area contributed by atoms with Crippen LogP contribution in [0.1, 0.15) is 52.4 Å². The van der Waals surface area contributed by atoms with Gasteiger partial charge in [0.25, 0.3) is 0 Å². The third-order valence-corrected chi connectivity index (χ3v) is 4.97. The summed E-state index contributed by atoms with van der Waals surface area (Å²) < 4.78 is 26.4. The van der Waals surface area contributed by atoms with Crippen LogP contribution in [0.3, 0.4) is 0 Å². The third-order valence-electron chi connectivity index (χ3n) is 3.13. The minimum Gasteiger partial charge on any atom is -0.313 e. The van der Waals surface area contributed by atoms with Gasteiger partial charge < -0.3 is 5.32 Å². The van der Waals surface area contributed by atoms with Crippen LogP contribution in [0.25, 0.3) is 0 Å². The molecule has 17 heavy (non-hydrogen) atoms. The number of nitrogens with one attached hydrogen (secondary N) is 2. The van der Waals surface area contributed by atoms with Gasteiger partial charge in [-0.2, -0.15) is 0 Å². The van der Waals surface area contributed by atoms with E-state index in [1.54, 1.807) is 6.92 Å². The predicted molar refractivity (Wildman–Crippen MR) is 71.6 cm³/mol. The highest BCUT2D eigenvalue weighted by molar-refractivity contribution is 7.90. The first-order chi connectivity index (χ1) is 8.06. The second-order valence-electron chi connectivity index (χ2n) is 4.99. The second kappa shape index (κ2) is 7.34. The molecule has 0 aromatic rings. The van der Waals surface area contributed by atoms with Gasteiger partial charge in [-0.25, -0.2) is 13.1 Å². The SMILES string of the molecule is CCCCCCNS(=O)(=O)C(C)CNC1CC1. The Morgan fingerprint density at radius 1 is 1.24 bits per heavy atom. The Kier molecular flexibility index (Phi) is 6.44. The minimum absolute atomic E-state index is 0.339. The summed E-state index contributed by atoms with van der Waals surface area (Å²) in [5.41, 5.74) is 0. The molecule has 1 aliphatic rings. The molecule has 0 aromatic heterocycles. The van der Waals surface area contributed by atoms with Gasteiger partial charge in [-0.3, -0.25) is 0 Å². The van der Waals surface area contributed by atoms with Gasteiger partial charge in [-0.05, 0) is 26.2 Å². The monoisotopic (exact) mass is 262 g/mol. The summed E-state index contributed by atoms with van der Waals surface area (Å²) in [7, 11) is -3.13. The number of sulfonamides is 1. The molecule has 1 aliphatic carbocycles. The maximum atomic E-state index is 11.8. The Morgan fingerprint density at radius 2 is 1.94 bits per heavy atom. The van der Waals surface area contributed by atoms with Gasteiger partial charge in [-0.15, -0.1) is 0 Å². The molecule has 1 fully saturated rings. The average molecular weight is 262 g/mol. The molecule has 1 unspecified atom stereocenters. The summed E-state index contributed by atoms with van der Waals surface area (Å²) in [6.45, 7) is 5.06. The number of hydrogen-bond acceptors (Lipinski definition) is 3. The van der Waals surface area contributed by atoms with Crippen molar-refractivity contribution in [2.75, 3.05) is 13.1 Å². The van der Waals surface area contributed by atoms with Crippen molar-refractivity contribution in [3.8, 4) is 0 Å². The molecule has 1 saturated carbocycles. The molecule has 1 atom stereocenters. The molecule has 4 nitrogen and oxygen atoms in total. The Morgan fingerprint density at radius 3 is 2.53 bits per heavy atom. The van der Waals surface area contributed by atoms with Crippen LogP contribution in [-0.4, -0.2) is 32.8 Å². The summed E-state index contributed by atoms with van der Waals surface area (Å²) in [4.78, 5) is 0. The molecule has 1 rings (SSSR count). The van der Waals surface area contributed by atoms with E-state index in [0.29, 0.717) is 19.1 Å². The summed E-state index contributed by atoms with van der Waals surface area (Å²) in [6.07, 6.45) is 6.78. The van der Waals surface area contributed by atoms with Crippen LogP contribution in [0.2, 0.25) is 0 Å². The molecule has 0 aliphatic heterocycles. The zero-order chi connectivity index (χ0) is 12.7. The Bertz CT molecular complexity index is 300. The molecule has 102 valence electrons. The zero-order valence-electron chi connectivity index (χ0n) is 11.0. The lowest BCUT2D eigenvalue weighted by Crippen LogP contribution is -2.39. The Labute approximate surface area is 106 Å². The summed E-state index contributed by atoms with van der Waals surface area (Å²) >= 11 is 0. The summed E-state index contributed by atoms with van der Waals surface area (Å²) in [5.74, 6) is 0. The van der Waals surface area contributed by atoms with Gasteiger partial charge in [0.05, 0.1) is 5.25 Å². The lowest BCUT2D eigenvalue weighted by Gasteiger charge is -2.14. The number of rotatable bonds is 10. The second-order valence-corrected chi connectivity index (χ2v) is 7.18. The van der Waals surface area contributed by atoms with E-state index < -0.39 is 10.0 Å². The van der Waals surface area contributed by atoms with E-state index >= 15 is 0 Å². The van der Waals surface area contributed by atoms with Gasteiger partial charge >= 0.3 is 0 Å². The first kappa shape index (κ1) is 14.9. The molecule has 0 amide bonds. The van der Waals surface area contributed by atoms with Crippen molar-refractivity contribution in [1.82, 2.24) is 10.0 Å². The lowest BCUT2D eigenvalue weighted by atomic mass is 10.2. The van der Waals surface area contributed by atoms with Crippen LogP contribution in [0.4, 0.5) is 0 Å². The molecule has 0 bridgehead atoms. The highest BCUT2D eigenvalue weighted by Crippen LogP contribution is 2.18. The highest BCUT2D eigenvalue weighted by Gasteiger charge is 2.25. The molecular formula is C12H26N2O2S. The van der Waals surface area contributed by atoms with Crippen molar-refractivity contribution < 1.29 is 8.42 Å². The van der Waals surface area contributed by atoms with Crippen LogP contribution in [-0.2, 0) is 10.0 Å². The van der Waals surface area contributed by atoms with E-state index in [2.05, 4.69) is 17.0 Å². The lowest BCUT2D eigenvalue weighted by molar-refractivity contribution is 0.551. The number of unbranched alkanes of at least 4 members (excludes halogenated alkanes) is 3. The first-order valence-corrected chi connectivity index (χ1v) is 8.32. The Balaban J connectivity index is 2.13. The van der Waals surface area contributed by atoms with Gasteiger partial charge in [0.1, 0.15) is 0 Å². The smallest absolute Gasteiger partial charge is 0.215 e. The van der Waals surface area contributed by atoms with E-state index in [1.165, 1.54) is 25.7 Å². The topological polar surface area (TPSA) is 58.2 Å². The van der Waals surface area contributed by atoms with Crippen molar-refractivity contribution >= 4 is 10.0 Å². The van der Waals surface area contributed by atoms with Crippen LogP contribution in [0, 0.1) is 0 Å². The first-order valence-electron chi connectivity index (χ1n) is 6.78. The van der Waals surface area contributed by atoms with Crippen molar-refractivity contribution in [3.63, 3.8) is 0 Å². The van der Waals surface area contributed by atoms with E-state index in [4.69, 9.17) is 0 Å². The summed E-state index contributed by atoms with van der Waals surface area (Å²) in [5, 5.41) is 2.92. The van der Waals surface area contributed by atoms with Gasteiger partial charge in [0.15, 0.2) is 0 Å². The van der Waals surface area contributed by atoms with Crippen LogP contribution < -0.4 is 10.0 Å². The van der Waals surface area contributed by atoms with Crippen molar-refractivity contribution in [3.05, 3.63) is 0 Å². The van der Waals surface area contributed by atoms with Crippen LogP contribution >= 0.6 is 0 Å². The Hall–Kier alpha value is -0.130. The molecule has 0 aromatic carbocycles. The van der Waals surface area contributed by atoms with Crippen molar-refractivity contribution in [2.45, 2.75) is 63.7 Å². The fraction of sp³-hybridized carbons (Fsp3) is 1.00. The third kappa shape index (κ3) is 6.38. The van der Waals surface area contributed by atoms with E-state index in [0.717, 1.165) is 12.8 Å². The van der Waals surface area contributed by atoms with E-state index in [1.807, 2.05) is 0 Å². The predicted octanol–water partition coefficient (Wildman–Crippen LogP) is 1.63. The normalized spacial score (nSPS) is 18.2. The van der Waals surface area contributed by atoms with Crippen LogP contribution in [0.5, 0.6) is 0 Å². The van der Waals surface area contributed by atoms with Crippen LogP contribution in [0.15, 0.2) is 0 Å². The molecule has 0 heterocycles. The fourth-order valence-corrected chi connectivity index (χ4v) is 2.67. The average Bonchev–Trinajstić information content (AvgIpc) is 3.09. The molecule has 0 radical (unpaired) electrons. The maximum Gasteiger partial charge on any atom is 0.215 e. The zero-order valence-corrected chi connectivity index (χ0v) is 11.9. The molecule has 0 saturated heterocycles. The largest absolute Gasteiger partial charge is 0.313 e. The molecule has 2 N–H and O–H groups in total. The van der Waals surface area contributed by atoms with Crippen molar-refractivity contribution in [1.29, 1.82) is 0 Å². The molecule has 0 spiro atoms. The van der Waals surface area contributed by atoms with Gasteiger partial charge in [0, 0.05) is 19.1 Å². The van der Waals surface area contributed by atoms with Gasteiger partial charge in [-0.1, -0.05) is 26.2 Å². The molecular weight excluding hydrogens is 236 g/mol. The number of hydrogen-bond donors (Lipinski definition) is 2. The summed E-state index contributed by atoms with van der Waals surface area (Å²) in [6, 6.07) is 0.567. The van der Waals surface area contributed by atoms with Gasteiger partial charge in [0.2, 0.25) is 10.0 Å².